The summed E-state index contributed by atoms with van der Waals surface area (Å²) in [5, 5.41) is 12.4. The van der Waals surface area contributed by atoms with Gasteiger partial charge in [0.05, 0.1) is 6.61 Å². The highest BCUT2D eigenvalue weighted by Gasteiger charge is 2.10. The van der Waals surface area contributed by atoms with E-state index in [1.54, 1.807) is 0 Å². The van der Waals surface area contributed by atoms with E-state index in [9.17, 15) is 0 Å². The molecular formula is C13H23N3O. The zero-order valence-corrected chi connectivity index (χ0v) is 10.8. The molecule has 1 heterocycles. The quantitative estimate of drug-likeness (QED) is 0.717. The van der Waals surface area contributed by atoms with Gasteiger partial charge in [0.15, 0.2) is 0 Å². The van der Waals surface area contributed by atoms with Gasteiger partial charge in [-0.1, -0.05) is 19.9 Å². The molecule has 0 bridgehead atoms. The van der Waals surface area contributed by atoms with E-state index in [-0.39, 0.29) is 6.61 Å². The van der Waals surface area contributed by atoms with Gasteiger partial charge in [0.2, 0.25) is 0 Å². The topological polar surface area (TPSA) is 48.4 Å². The van der Waals surface area contributed by atoms with Crippen LogP contribution in [0.4, 0.5) is 5.82 Å². The van der Waals surface area contributed by atoms with Crippen molar-refractivity contribution in [1.82, 2.24) is 10.3 Å². The molecule has 4 nitrogen and oxygen atoms in total. The first-order chi connectivity index (χ1) is 8.33. The second-order valence-corrected chi connectivity index (χ2v) is 3.98. The lowest BCUT2D eigenvalue weighted by molar-refractivity contribution is 0.301. The summed E-state index contributed by atoms with van der Waals surface area (Å²) < 4.78 is 0. The highest BCUT2D eigenvalue weighted by molar-refractivity contribution is 5.46. The molecule has 0 saturated carbocycles. The van der Waals surface area contributed by atoms with Gasteiger partial charge in [0, 0.05) is 31.4 Å². The summed E-state index contributed by atoms with van der Waals surface area (Å²) in [5.74, 6) is 0.990. The van der Waals surface area contributed by atoms with Crippen molar-refractivity contribution in [3.8, 4) is 0 Å². The van der Waals surface area contributed by atoms with Gasteiger partial charge in [0.25, 0.3) is 0 Å². The van der Waals surface area contributed by atoms with Crippen molar-refractivity contribution < 1.29 is 5.11 Å². The number of nitrogens with zero attached hydrogens (tertiary/aromatic N) is 2. The number of rotatable bonds is 8. The minimum Gasteiger partial charge on any atom is -0.395 e. The van der Waals surface area contributed by atoms with Crippen molar-refractivity contribution >= 4 is 5.82 Å². The van der Waals surface area contributed by atoms with Crippen molar-refractivity contribution in [2.45, 2.75) is 26.8 Å². The molecule has 2 N–H and O–H groups in total. The molecule has 0 aliphatic heterocycles. The van der Waals surface area contributed by atoms with E-state index in [1.165, 1.54) is 5.56 Å². The van der Waals surface area contributed by atoms with Crippen LogP contribution < -0.4 is 10.2 Å². The Labute approximate surface area is 104 Å². The summed E-state index contributed by atoms with van der Waals surface area (Å²) in [4.78, 5) is 6.59. The molecule has 17 heavy (non-hydrogen) atoms. The van der Waals surface area contributed by atoms with E-state index in [4.69, 9.17) is 5.11 Å². The van der Waals surface area contributed by atoms with E-state index in [2.05, 4.69) is 35.1 Å². The minimum absolute atomic E-state index is 0.164. The third-order valence-electron chi connectivity index (χ3n) is 2.60. The molecule has 96 valence electrons. The van der Waals surface area contributed by atoms with Gasteiger partial charge in [-0.2, -0.15) is 0 Å². The highest BCUT2D eigenvalue weighted by Crippen LogP contribution is 2.17. The smallest absolute Gasteiger partial charge is 0.133 e. The van der Waals surface area contributed by atoms with Crippen molar-refractivity contribution in [3.63, 3.8) is 0 Å². The number of hydrogen-bond acceptors (Lipinski definition) is 4. The van der Waals surface area contributed by atoms with Crippen molar-refractivity contribution in [2.24, 2.45) is 0 Å². The summed E-state index contributed by atoms with van der Waals surface area (Å²) in [7, 11) is 0. The van der Waals surface area contributed by atoms with Gasteiger partial charge >= 0.3 is 0 Å². The van der Waals surface area contributed by atoms with Gasteiger partial charge < -0.3 is 15.3 Å². The molecule has 0 aliphatic rings. The second-order valence-electron chi connectivity index (χ2n) is 3.98. The lowest BCUT2D eigenvalue weighted by Crippen LogP contribution is -2.30. The molecule has 0 aromatic carbocycles. The molecule has 0 fully saturated rings. The van der Waals surface area contributed by atoms with Crippen LogP contribution in [0.5, 0.6) is 0 Å². The van der Waals surface area contributed by atoms with Crippen LogP contribution in [0, 0.1) is 0 Å². The molecule has 0 spiro atoms. The maximum atomic E-state index is 9.11. The predicted octanol–water partition coefficient (Wildman–Crippen LogP) is 1.40. The van der Waals surface area contributed by atoms with Gasteiger partial charge in [0.1, 0.15) is 5.82 Å². The predicted molar refractivity (Wildman–Crippen MR) is 71.2 cm³/mol. The van der Waals surface area contributed by atoms with E-state index >= 15 is 0 Å². The minimum atomic E-state index is 0.164. The standard InChI is InChI=1S/C13H23N3O/c1-3-8-16(9-10-17)13-12(11-14-4-2)6-5-7-15-13/h5-7,14,17H,3-4,8-11H2,1-2H3. The fourth-order valence-electron chi connectivity index (χ4n) is 1.83. The maximum Gasteiger partial charge on any atom is 0.133 e. The lowest BCUT2D eigenvalue weighted by Gasteiger charge is -2.24. The first-order valence-corrected chi connectivity index (χ1v) is 6.33. The number of hydrogen-bond donors (Lipinski definition) is 2. The van der Waals surface area contributed by atoms with Crippen molar-refractivity contribution in [3.05, 3.63) is 23.9 Å². The van der Waals surface area contributed by atoms with Crippen LogP contribution in [0.1, 0.15) is 25.8 Å². The Kier molecular flexibility index (Phi) is 6.58. The third kappa shape index (κ3) is 4.32. The molecule has 0 radical (unpaired) electrons. The number of aromatic nitrogens is 1. The Morgan fingerprint density at radius 3 is 2.82 bits per heavy atom. The Hall–Kier alpha value is -1.13. The molecule has 1 aromatic heterocycles. The molecule has 0 aliphatic carbocycles. The first kappa shape index (κ1) is 13.9. The number of aliphatic hydroxyl groups excluding tert-OH is 1. The van der Waals surface area contributed by atoms with Gasteiger partial charge in [-0.25, -0.2) is 4.98 Å². The van der Waals surface area contributed by atoms with Crippen LogP contribution in [-0.2, 0) is 6.54 Å². The molecule has 4 heteroatoms. The summed E-state index contributed by atoms with van der Waals surface area (Å²) in [6, 6.07) is 4.05. The average Bonchev–Trinajstić information content (AvgIpc) is 2.36. The second kappa shape index (κ2) is 8.03. The number of aliphatic hydroxyl groups is 1. The molecular weight excluding hydrogens is 214 g/mol. The van der Waals surface area contributed by atoms with Crippen LogP contribution in [0.25, 0.3) is 0 Å². The van der Waals surface area contributed by atoms with Gasteiger partial charge in [-0.3, -0.25) is 0 Å². The monoisotopic (exact) mass is 237 g/mol. The zero-order chi connectivity index (χ0) is 12.5. The first-order valence-electron chi connectivity index (χ1n) is 6.33. The number of anilines is 1. The van der Waals surface area contributed by atoms with Crippen LogP contribution in [0.15, 0.2) is 18.3 Å². The molecule has 1 aromatic rings. The lowest BCUT2D eigenvalue weighted by atomic mass is 10.2. The maximum absolute atomic E-state index is 9.11. The van der Waals surface area contributed by atoms with Gasteiger partial charge in [-0.15, -0.1) is 0 Å². The van der Waals surface area contributed by atoms with E-state index in [0.29, 0.717) is 6.54 Å². The van der Waals surface area contributed by atoms with Gasteiger partial charge in [-0.05, 0) is 19.0 Å². The van der Waals surface area contributed by atoms with E-state index < -0.39 is 0 Å². The Morgan fingerprint density at radius 1 is 1.35 bits per heavy atom. The summed E-state index contributed by atoms with van der Waals surface area (Å²) in [6.07, 6.45) is 2.86. The van der Waals surface area contributed by atoms with Crippen LogP contribution in [0.2, 0.25) is 0 Å². The normalized spacial score (nSPS) is 10.5. The fourth-order valence-corrected chi connectivity index (χ4v) is 1.83. The van der Waals surface area contributed by atoms with Crippen molar-refractivity contribution in [1.29, 1.82) is 0 Å². The van der Waals surface area contributed by atoms with E-state index in [1.807, 2.05) is 12.3 Å². The molecule has 0 amide bonds. The summed E-state index contributed by atoms with van der Waals surface area (Å²) in [5.41, 5.74) is 1.19. The SMILES string of the molecule is CCCN(CCO)c1ncccc1CNCC. The fraction of sp³-hybridized carbons (Fsp3) is 0.615. The zero-order valence-electron chi connectivity index (χ0n) is 10.8. The Bertz CT molecular complexity index is 311. The number of pyridine rings is 1. The summed E-state index contributed by atoms with van der Waals surface area (Å²) in [6.45, 7) is 7.73. The van der Waals surface area contributed by atoms with Crippen LogP contribution in [0.3, 0.4) is 0 Å². The number of nitrogens with one attached hydrogen (secondary N) is 1. The molecule has 0 atom stereocenters. The third-order valence-corrected chi connectivity index (χ3v) is 2.60. The largest absolute Gasteiger partial charge is 0.395 e. The average molecular weight is 237 g/mol. The van der Waals surface area contributed by atoms with Crippen LogP contribution in [-0.4, -0.2) is 36.3 Å². The van der Waals surface area contributed by atoms with E-state index in [0.717, 1.165) is 31.9 Å². The van der Waals surface area contributed by atoms with Crippen molar-refractivity contribution in [2.75, 3.05) is 31.1 Å². The molecule has 1 rings (SSSR count). The molecule has 0 saturated heterocycles. The Morgan fingerprint density at radius 2 is 2.18 bits per heavy atom. The molecule has 0 unspecified atom stereocenters. The Balaban J connectivity index is 2.83. The van der Waals surface area contributed by atoms with Crippen LogP contribution >= 0.6 is 0 Å². The highest BCUT2D eigenvalue weighted by atomic mass is 16.3. The summed E-state index contributed by atoms with van der Waals surface area (Å²) >= 11 is 0.